The van der Waals surface area contributed by atoms with Gasteiger partial charge in [-0.15, -0.1) is 0 Å². The number of carboxylic acid groups (broad SMARTS) is 1. The van der Waals surface area contributed by atoms with Crippen molar-refractivity contribution in [2.75, 3.05) is 11.5 Å². The Morgan fingerprint density at radius 2 is 2.05 bits per heavy atom. The van der Waals surface area contributed by atoms with Crippen molar-refractivity contribution in [3.8, 4) is 0 Å². The average Bonchev–Trinajstić information content (AvgIpc) is 2.70. The minimum Gasteiger partial charge on any atom is -0.478 e. The van der Waals surface area contributed by atoms with E-state index in [1.54, 1.807) is 0 Å². The third-order valence-electron chi connectivity index (χ3n) is 2.39. The second-order valence-corrected chi connectivity index (χ2v) is 6.14. The zero-order valence-corrected chi connectivity index (χ0v) is 10.6. The number of carboxylic acids is 1. The Bertz CT molecular complexity index is 577. The highest BCUT2D eigenvalue weighted by atomic mass is 32.2. The first-order chi connectivity index (χ1) is 8.58. The van der Waals surface area contributed by atoms with Gasteiger partial charge in [0.2, 0.25) is 0 Å². The molecule has 0 fully saturated rings. The number of halogens is 3. The van der Waals surface area contributed by atoms with Gasteiger partial charge in [-0.2, -0.15) is 18.3 Å². The molecule has 1 aromatic heterocycles. The first-order valence-corrected chi connectivity index (χ1v) is 6.97. The van der Waals surface area contributed by atoms with Crippen LogP contribution in [0.25, 0.3) is 0 Å². The van der Waals surface area contributed by atoms with Crippen LogP contribution in [0.4, 0.5) is 13.2 Å². The molecule has 0 saturated heterocycles. The second kappa shape index (κ2) is 5.19. The Kier molecular flexibility index (Phi) is 4.23. The average molecular weight is 300 g/mol. The van der Waals surface area contributed by atoms with E-state index in [0.29, 0.717) is 10.9 Å². The lowest BCUT2D eigenvalue weighted by atomic mass is 10.2. The lowest BCUT2D eigenvalue weighted by molar-refractivity contribution is -0.144. The predicted molar refractivity (Wildman–Crippen MR) is 58.5 cm³/mol. The normalized spacial score (nSPS) is 12.6. The smallest absolute Gasteiger partial charge is 0.433 e. The lowest BCUT2D eigenvalue weighted by Crippen LogP contribution is -2.22. The molecule has 0 aliphatic heterocycles. The number of sulfone groups is 1. The predicted octanol–water partition coefficient (Wildman–Crippen LogP) is 1.03. The van der Waals surface area contributed by atoms with Crippen LogP contribution in [-0.4, -0.2) is 40.8 Å². The van der Waals surface area contributed by atoms with E-state index in [-0.39, 0.29) is 5.75 Å². The van der Waals surface area contributed by atoms with Gasteiger partial charge in [-0.3, -0.25) is 4.68 Å². The zero-order chi connectivity index (χ0) is 14.8. The Balaban J connectivity index is 3.13. The quantitative estimate of drug-likeness (QED) is 0.877. The van der Waals surface area contributed by atoms with E-state index < -0.39 is 45.5 Å². The number of aryl methyl sites for hydroxylation is 1. The van der Waals surface area contributed by atoms with Crippen molar-refractivity contribution in [3.63, 3.8) is 0 Å². The number of nitrogens with zero attached hydrogens (tertiary/aromatic N) is 2. The van der Waals surface area contributed by atoms with Gasteiger partial charge in [0.1, 0.15) is 5.56 Å². The summed E-state index contributed by atoms with van der Waals surface area (Å²) in [5.74, 6) is -2.51. The van der Waals surface area contributed by atoms with Crippen LogP contribution in [0.1, 0.15) is 23.0 Å². The number of hydrogen-bond donors (Lipinski definition) is 1. The van der Waals surface area contributed by atoms with Crippen LogP contribution in [0.3, 0.4) is 0 Å². The number of aromatic carboxylic acids is 1. The van der Waals surface area contributed by atoms with Crippen LogP contribution in [0, 0.1) is 0 Å². The van der Waals surface area contributed by atoms with Gasteiger partial charge < -0.3 is 5.11 Å². The van der Waals surface area contributed by atoms with Gasteiger partial charge in [-0.1, -0.05) is 6.92 Å². The largest absolute Gasteiger partial charge is 0.478 e. The summed E-state index contributed by atoms with van der Waals surface area (Å²) in [4.78, 5) is 10.7. The van der Waals surface area contributed by atoms with Gasteiger partial charge in [0.15, 0.2) is 15.5 Å². The summed E-state index contributed by atoms with van der Waals surface area (Å²) in [7, 11) is -3.47. The van der Waals surface area contributed by atoms with E-state index in [2.05, 4.69) is 5.10 Å². The maximum atomic E-state index is 12.7. The van der Waals surface area contributed by atoms with Crippen LogP contribution in [0.5, 0.6) is 0 Å². The molecule has 1 aromatic rings. The van der Waals surface area contributed by atoms with E-state index in [9.17, 15) is 26.4 Å². The van der Waals surface area contributed by atoms with Crippen molar-refractivity contribution in [2.24, 2.45) is 0 Å². The highest BCUT2D eigenvalue weighted by molar-refractivity contribution is 7.91. The van der Waals surface area contributed by atoms with E-state index in [4.69, 9.17) is 5.11 Å². The molecular formula is C9H11F3N2O4S. The Morgan fingerprint density at radius 1 is 1.47 bits per heavy atom. The summed E-state index contributed by atoms with van der Waals surface area (Å²) < 4.78 is 61.0. The lowest BCUT2D eigenvalue weighted by Gasteiger charge is -2.11. The van der Waals surface area contributed by atoms with Gasteiger partial charge >= 0.3 is 12.1 Å². The molecule has 6 nitrogen and oxygen atoms in total. The van der Waals surface area contributed by atoms with Gasteiger partial charge in [0.05, 0.1) is 18.5 Å². The monoisotopic (exact) mass is 300 g/mol. The minimum atomic E-state index is -4.92. The van der Waals surface area contributed by atoms with Gasteiger partial charge in [0, 0.05) is 5.75 Å². The Labute approximate surface area is 106 Å². The van der Waals surface area contributed by atoms with Crippen molar-refractivity contribution >= 4 is 15.8 Å². The van der Waals surface area contributed by atoms with Crippen LogP contribution >= 0.6 is 0 Å². The van der Waals surface area contributed by atoms with Crippen molar-refractivity contribution < 1.29 is 31.5 Å². The highest BCUT2D eigenvalue weighted by Crippen LogP contribution is 2.32. The van der Waals surface area contributed by atoms with Crippen LogP contribution in [0.15, 0.2) is 6.20 Å². The van der Waals surface area contributed by atoms with Crippen LogP contribution < -0.4 is 0 Å². The molecule has 0 aliphatic carbocycles. The first-order valence-electron chi connectivity index (χ1n) is 5.15. The van der Waals surface area contributed by atoms with E-state index in [1.165, 1.54) is 6.92 Å². The summed E-state index contributed by atoms with van der Waals surface area (Å²) in [6.45, 7) is 0.823. The fourth-order valence-electron chi connectivity index (χ4n) is 1.38. The fraction of sp³-hybridized carbons (Fsp3) is 0.556. The molecule has 0 radical (unpaired) electrons. The number of carbonyl (C=O) groups is 1. The third-order valence-corrected chi connectivity index (χ3v) is 4.08. The number of aromatic nitrogens is 2. The Hall–Kier alpha value is -1.58. The van der Waals surface area contributed by atoms with Crippen molar-refractivity contribution in [1.29, 1.82) is 0 Å². The SMILES string of the molecule is CCS(=O)(=O)CCn1ncc(C(=O)O)c1C(F)(F)F. The molecule has 1 rings (SSSR count). The minimum absolute atomic E-state index is 0.207. The highest BCUT2D eigenvalue weighted by Gasteiger charge is 2.40. The van der Waals surface area contributed by atoms with Crippen molar-refractivity contribution in [1.82, 2.24) is 9.78 Å². The number of rotatable bonds is 5. The number of alkyl halides is 3. The topological polar surface area (TPSA) is 89.3 Å². The second-order valence-electron chi connectivity index (χ2n) is 3.67. The van der Waals surface area contributed by atoms with Crippen molar-refractivity contribution in [2.45, 2.75) is 19.6 Å². The van der Waals surface area contributed by atoms with E-state index in [1.807, 2.05) is 0 Å². The number of hydrogen-bond acceptors (Lipinski definition) is 4. The summed E-state index contributed by atoms with van der Waals surface area (Å²) in [6.07, 6.45) is -4.36. The molecule has 10 heteroatoms. The standard InChI is InChI=1S/C9H11F3N2O4S/c1-2-19(17,18)4-3-14-7(9(10,11)12)6(5-13-14)8(15)16/h5H,2-4H2,1H3,(H,15,16). The van der Waals surface area contributed by atoms with Crippen LogP contribution in [0.2, 0.25) is 0 Å². The van der Waals surface area contributed by atoms with Gasteiger partial charge in [-0.25, -0.2) is 13.2 Å². The summed E-state index contributed by atoms with van der Waals surface area (Å²) in [5, 5.41) is 11.9. The molecule has 0 saturated carbocycles. The molecule has 0 aliphatic rings. The van der Waals surface area contributed by atoms with E-state index >= 15 is 0 Å². The fourth-order valence-corrected chi connectivity index (χ4v) is 2.12. The molecule has 108 valence electrons. The van der Waals surface area contributed by atoms with E-state index in [0.717, 1.165) is 0 Å². The molecule has 0 unspecified atom stereocenters. The van der Waals surface area contributed by atoms with Crippen molar-refractivity contribution in [3.05, 3.63) is 17.5 Å². The Morgan fingerprint density at radius 3 is 2.47 bits per heavy atom. The summed E-state index contributed by atoms with van der Waals surface area (Å²) in [5.41, 5.74) is -2.45. The summed E-state index contributed by atoms with van der Waals surface area (Å²) in [6, 6.07) is 0. The molecular weight excluding hydrogens is 289 g/mol. The molecule has 1 N–H and O–H groups in total. The maximum Gasteiger partial charge on any atom is 0.433 e. The summed E-state index contributed by atoms with van der Waals surface area (Å²) >= 11 is 0. The van der Waals surface area contributed by atoms with Crippen LogP contribution in [-0.2, 0) is 22.6 Å². The molecule has 0 spiro atoms. The zero-order valence-electron chi connectivity index (χ0n) is 9.81. The van der Waals surface area contributed by atoms with Gasteiger partial charge in [0.25, 0.3) is 0 Å². The molecule has 19 heavy (non-hydrogen) atoms. The first kappa shape index (κ1) is 15.5. The molecule has 0 bridgehead atoms. The third kappa shape index (κ3) is 3.69. The molecule has 1 heterocycles. The van der Waals surface area contributed by atoms with Gasteiger partial charge in [-0.05, 0) is 0 Å². The maximum absolute atomic E-state index is 12.7. The molecule has 0 atom stereocenters. The molecule has 0 amide bonds. The molecule has 0 aromatic carbocycles.